The van der Waals surface area contributed by atoms with Gasteiger partial charge in [-0.15, -0.1) is 0 Å². The summed E-state index contributed by atoms with van der Waals surface area (Å²) in [5.74, 6) is 1.58. The van der Waals surface area contributed by atoms with Gasteiger partial charge in [0.15, 0.2) is 0 Å². The lowest BCUT2D eigenvalue weighted by Crippen LogP contribution is -2.25. The summed E-state index contributed by atoms with van der Waals surface area (Å²) in [6.45, 7) is 2.76. The summed E-state index contributed by atoms with van der Waals surface area (Å²) in [6, 6.07) is 7.48. The minimum absolute atomic E-state index is 0.610. The van der Waals surface area contributed by atoms with Crippen molar-refractivity contribution in [3.8, 4) is 11.5 Å². The number of nitrogens with one attached hydrogen (secondary N) is 1. The lowest BCUT2D eigenvalue weighted by Gasteiger charge is -2.08. The fourth-order valence-electron chi connectivity index (χ4n) is 1.47. The summed E-state index contributed by atoms with van der Waals surface area (Å²) in [5.41, 5.74) is 0. The van der Waals surface area contributed by atoms with Crippen molar-refractivity contribution in [1.29, 1.82) is 0 Å². The Hall–Kier alpha value is -2.14. The second-order valence-corrected chi connectivity index (χ2v) is 3.82. The molecule has 0 aromatic carbocycles. The SMILES string of the molecule is c1cncc(OCCNCCOc2cccnc2)c1. The maximum absolute atomic E-state index is 5.50. The van der Waals surface area contributed by atoms with Crippen LogP contribution in [-0.4, -0.2) is 36.3 Å². The van der Waals surface area contributed by atoms with E-state index in [9.17, 15) is 0 Å². The van der Waals surface area contributed by atoms with Crippen LogP contribution < -0.4 is 14.8 Å². The number of rotatable bonds is 8. The third kappa shape index (κ3) is 5.35. The highest BCUT2D eigenvalue weighted by Crippen LogP contribution is 2.05. The number of pyridine rings is 2. The second-order valence-electron chi connectivity index (χ2n) is 3.82. The molecule has 100 valence electrons. The highest BCUT2D eigenvalue weighted by Gasteiger charge is 1.94. The molecule has 19 heavy (non-hydrogen) atoms. The molecule has 2 aromatic heterocycles. The number of aromatic nitrogens is 2. The van der Waals surface area contributed by atoms with Crippen LogP contribution in [0.1, 0.15) is 0 Å². The normalized spacial score (nSPS) is 10.1. The minimum Gasteiger partial charge on any atom is -0.491 e. The van der Waals surface area contributed by atoms with E-state index in [1.165, 1.54) is 0 Å². The molecular formula is C14H17N3O2. The van der Waals surface area contributed by atoms with Crippen molar-refractivity contribution in [2.75, 3.05) is 26.3 Å². The van der Waals surface area contributed by atoms with Gasteiger partial charge in [0.25, 0.3) is 0 Å². The van der Waals surface area contributed by atoms with Gasteiger partial charge in [-0.1, -0.05) is 0 Å². The van der Waals surface area contributed by atoms with Gasteiger partial charge in [0.1, 0.15) is 24.7 Å². The predicted octanol–water partition coefficient (Wildman–Crippen LogP) is 1.52. The molecule has 5 heteroatoms. The lowest BCUT2D eigenvalue weighted by atomic mass is 10.4. The number of hydrogen-bond donors (Lipinski definition) is 1. The lowest BCUT2D eigenvalue weighted by molar-refractivity contribution is 0.288. The van der Waals surface area contributed by atoms with E-state index in [-0.39, 0.29) is 0 Å². The molecule has 0 aliphatic heterocycles. The zero-order valence-corrected chi connectivity index (χ0v) is 10.7. The molecule has 2 heterocycles. The minimum atomic E-state index is 0.610. The summed E-state index contributed by atoms with van der Waals surface area (Å²) >= 11 is 0. The molecule has 0 aliphatic carbocycles. The maximum atomic E-state index is 5.50. The summed E-state index contributed by atoms with van der Waals surface area (Å²) in [5, 5.41) is 3.24. The molecule has 0 atom stereocenters. The van der Waals surface area contributed by atoms with Gasteiger partial charge in [-0.25, -0.2) is 0 Å². The number of ether oxygens (including phenoxy) is 2. The zero-order valence-electron chi connectivity index (χ0n) is 10.7. The molecule has 0 amide bonds. The molecule has 0 fully saturated rings. The molecule has 0 saturated heterocycles. The largest absolute Gasteiger partial charge is 0.491 e. The standard InChI is InChI=1S/C14H17N3O2/c1-3-13(11-16-5-1)18-9-7-15-8-10-19-14-4-2-6-17-12-14/h1-6,11-12,15H,7-10H2. The van der Waals surface area contributed by atoms with Crippen LogP contribution in [0.3, 0.4) is 0 Å². The van der Waals surface area contributed by atoms with Gasteiger partial charge in [-0.3, -0.25) is 9.97 Å². The zero-order chi connectivity index (χ0) is 13.2. The van der Waals surface area contributed by atoms with Gasteiger partial charge < -0.3 is 14.8 Å². The van der Waals surface area contributed by atoms with E-state index in [4.69, 9.17) is 9.47 Å². The number of nitrogens with zero attached hydrogens (tertiary/aromatic N) is 2. The molecule has 2 aromatic rings. The Labute approximate surface area is 112 Å². The van der Waals surface area contributed by atoms with Gasteiger partial charge in [-0.2, -0.15) is 0 Å². The molecule has 0 unspecified atom stereocenters. The molecule has 2 rings (SSSR count). The van der Waals surface area contributed by atoms with Crippen molar-refractivity contribution in [2.24, 2.45) is 0 Å². The Balaban J connectivity index is 1.49. The van der Waals surface area contributed by atoms with Crippen LogP contribution in [0.15, 0.2) is 49.1 Å². The van der Waals surface area contributed by atoms with Crippen molar-refractivity contribution < 1.29 is 9.47 Å². The molecule has 5 nitrogen and oxygen atoms in total. The van der Waals surface area contributed by atoms with Gasteiger partial charge in [0, 0.05) is 25.5 Å². The van der Waals surface area contributed by atoms with E-state index in [0.29, 0.717) is 13.2 Å². The molecule has 0 radical (unpaired) electrons. The molecule has 0 saturated carbocycles. The quantitative estimate of drug-likeness (QED) is 0.728. The first-order valence-corrected chi connectivity index (χ1v) is 6.21. The molecule has 1 N–H and O–H groups in total. The van der Waals surface area contributed by atoms with E-state index in [1.54, 1.807) is 24.8 Å². The molecule has 0 spiro atoms. The second kappa shape index (κ2) is 8.05. The summed E-state index contributed by atoms with van der Waals surface area (Å²) in [7, 11) is 0. The van der Waals surface area contributed by atoms with Crippen LogP contribution in [0, 0.1) is 0 Å². The maximum Gasteiger partial charge on any atom is 0.137 e. The van der Waals surface area contributed by atoms with Crippen LogP contribution in [0.4, 0.5) is 0 Å². The topological polar surface area (TPSA) is 56.3 Å². The Morgan fingerprint density at radius 2 is 1.37 bits per heavy atom. The molecular weight excluding hydrogens is 242 g/mol. The van der Waals surface area contributed by atoms with Gasteiger partial charge in [0.05, 0.1) is 12.4 Å². The van der Waals surface area contributed by atoms with E-state index in [2.05, 4.69) is 15.3 Å². The average Bonchev–Trinajstić information content (AvgIpc) is 2.48. The van der Waals surface area contributed by atoms with Crippen LogP contribution in [-0.2, 0) is 0 Å². The van der Waals surface area contributed by atoms with Crippen molar-refractivity contribution >= 4 is 0 Å². The van der Waals surface area contributed by atoms with Crippen molar-refractivity contribution in [3.63, 3.8) is 0 Å². The first-order valence-electron chi connectivity index (χ1n) is 6.21. The Bertz CT molecular complexity index is 407. The van der Waals surface area contributed by atoms with Gasteiger partial charge in [0.2, 0.25) is 0 Å². The van der Waals surface area contributed by atoms with Crippen molar-refractivity contribution in [2.45, 2.75) is 0 Å². The van der Waals surface area contributed by atoms with E-state index in [0.717, 1.165) is 24.6 Å². The smallest absolute Gasteiger partial charge is 0.137 e. The average molecular weight is 259 g/mol. The molecule has 0 aliphatic rings. The van der Waals surface area contributed by atoms with Gasteiger partial charge >= 0.3 is 0 Å². The monoisotopic (exact) mass is 259 g/mol. The highest BCUT2D eigenvalue weighted by atomic mass is 16.5. The van der Waals surface area contributed by atoms with Crippen molar-refractivity contribution in [3.05, 3.63) is 49.1 Å². The third-order valence-electron chi connectivity index (χ3n) is 2.36. The fourth-order valence-corrected chi connectivity index (χ4v) is 1.47. The Morgan fingerprint density at radius 3 is 1.79 bits per heavy atom. The third-order valence-corrected chi connectivity index (χ3v) is 2.36. The van der Waals surface area contributed by atoms with Crippen LogP contribution in [0.2, 0.25) is 0 Å². The van der Waals surface area contributed by atoms with Crippen LogP contribution in [0.25, 0.3) is 0 Å². The van der Waals surface area contributed by atoms with E-state index < -0.39 is 0 Å². The summed E-state index contributed by atoms with van der Waals surface area (Å²) in [6.07, 6.45) is 6.85. The fraction of sp³-hybridized carbons (Fsp3) is 0.286. The van der Waals surface area contributed by atoms with Crippen LogP contribution in [0.5, 0.6) is 11.5 Å². The Morgan fingerprint density at radius 1 is 0.842 bits per heavy atom. The van der Waals surface area contributed by atoms with E-state index >= 15 is 0 Å². The Kier molecular flexibility index (Phi) is 5.63. The summed E-state index contributed by atoms with van der Waals surface area (Å²) in [4.78, 5) is 7.95. The van der Waals surface area contributed by atoms with Gasteiger partial charge in [-0.05, 0) is 24.3 Å². The van der Waals surface area contributed by atoms with Crippen LogP contribution >= 0.6 is 0 Å². The first-order chi connectivity index (χ1) is 9.45. The summed E-state index contributed by atoms with van der Waals surface area (Å²) < 4.78 is 11.0. The molecule has 0 bridgehead atoms. The van der Waals surface area contributed by atoms with E-state index in [1.807, 2.05) is 24.3 Å². The predicted molar refractivity (Wildman–Crippen MR) is 72.3 cm³/mol. The highest BCUT2D eigenvalue weighted by molar-refractivity contribution is 5.15. The first kappa shape index (κ1) is 13.3. The van der Waals surface area contributed by atoms with Crippen molar-refractivity contribution in [1.82, 2.24) is 15.3 Å². The number of hydrogen-bond acceptors (Lipinski definition) is 5.